The molecular weight excluding hydrogens is 414 g/mol. The topological polar surface area (TPSA) is 142 Å². The fourth-order valence-corrected chi connectivity index (χ4v) is 4.38. The molecule has 1 aliphatic heterocycles. The van der Waals surface area contributed by atoms with Crippen molar-refractivity contribution in [2.75, 3.05) is 33.5 Å². The van der Waals surface area contributed by atoms with Crippen LogP contribution in [0.2, 0.25) is 0 Å². The summed E-state index contributed by atoms with van der Waals surface area (Å²) in [4.78, 5) is 53.6. The number of hydrogen-bond acceptors (Lipinski definition) is 8. The highest BCUT2D eigenvalue weighted by molar-refractivity contribution is 6.34. The molecule has 0 radical (unpaired) electrons. The zero-order valence-corrected chi connectivity index (χ0v) is 17.8. The van der Waals surface area contributed by atoms with Crippen molar-refractivity contribution in [3.63, 3.8) is 0 Å². The Labute approximate surface area is 185 Å². The van der Waals surface area contributed by atoms with E-state index in [1.165, 1.54) is 6.08 Å². The molecule has 1 saturated heterocycles. The van der Waals surface area contributed by atoms with Gasteiger partial charge in [-0.3, -0.25) is 24.1 Å². The van der Waals surface area contributed by atoms with Crippen molar-refractivity contribution < 1.29 is 28.7 Å². The number of carbonyl (C=O) groups is 4. The van der Waals surface area contributed by atoms with E-state index in [1.54, 1.807) is 19.3 Å². The third-order valence-electron chi connectivity index (χ3n) is 5.91. The molecule has 4 rings (SSSR count). The van der Waals surface area contributed by atoms with Crippen LogP contribution in [0, 0.1) is 0 Å². The van der Waals surface area contributed by atoms with Crippen molar-refractivity contribution in [2.24, 2.45) is 11.5 Å². The number of likely N-dealkylation sites (tertiary alicyclic amines) is 1. The molecule has 0 bridgehead atoms. The molecule has 0 unspecified atom stereocenters. The Morgan fingerprint density at radius 1 is 0.938 bits per heavy atom. The number of nitrogens with zero attached hydrogens (tertiary/aromatic N) is 1. The summed E-state index contributed by atoms with van der Waals surface area (Å²) in [5, 5.41) is 0. The first-order valence-corrected chi connectivity index (χ1v) is 10.5. The van der Waals surface area contributed by atoms with Gasteiger partial charge in [-0.1, -0.05) is 12.2 Å². The van der Waals surface area contributed by atoms with E-state index in [0.29, 0.717) is 44.7 Å². The van der Waals surface area contributed by atoms with Crippen LogP contribution >= 0.6 is 0 Å². The SMILES string of the molecule is COCCOCCCN1C(=O)C2=C[C@@H](N)C3=C(C(=O)C4=CCCC=C4C3=O)C(N)=C2C1=O. The van der Waals surface area contributed by atoms with E-state index in [0.717, 1.165) is 4.90 Å². The van der Waals surface area contributed by atoms with E-state index >= 15 is 0 Å². The number of ketones is 2. The number of amides is 2. The molecule has 9 heteroatoms. The van der Waals surface area contributed by atoms with Gasteiger partial charge in [0.05, 0.1) is 41.7 Å². The molecule has 0 aromatic carbocycles. The average molecular weight is 439 g/mol. The molecule has 0 saturated carbocycles. The maximum atomic E-state index is 13.3. The largest absolute Gasteiger partial charge is 0.397 e. The monoisotopic (exact) mass is 439 g/mol. The molecule has 168 valence electrons. The van der Waals surface area contributed by atoms with Gasteiger partial charge < -0.3 is 20.9 Å². The molecule has 3 aliphatic carbocycles. The number of rotatable bonds is 7. The number of Topliss-reactive ketones (excluding diaryl/α,β-unsaturated/α-hetero) is 2. The Hall–Kier alpha value is -3.14. The van der Waals surface area contributed by atoms with Gasteiger partial charge in [-0.2, -0.15) is 0 Å². The Bertz CT molecular complexity index is 1080. The van der Waals surface area contributed by atoms with Gasteiger partial charge in [0.15, 0.2) is 11.6 Å². The highest BCUT2D eigenvalue weighted by atomic mass is 16.5. The Morgan fingerprint density at radius 3 is 2.31 bits per heavy atom. The molecule has 9 nitrogen and oxygen atoms in total. The van der Waals surface area contributed by atoms with Crippen LogP contribution in [0.3, 0.4) is 0 Å². The summed E-state index contributed by atoms with van der Waals surface area (Å²) < 4.78 is 10.3. The van der Waals surface area contributed by atoms with Gasteiger partial charge >= 0.3 is 0 Å². The second kappa shape index (κ2) is 8.78. The van der Waals surface area contributed by atoms with Crippen molar-refractivity contribution in [3.8, 4) is 0 Å². The molecule has 0 aromatic heterocycles. The minimum absolute atomic E-state index is 0.0289. The third kappa shape index (κ3) is 3.48. The van der Waals surface area contributed by atoms with Crippen LogP contribution in [-0.4, -0.2) is 67.8 Å². The Balaban J connectivity index is 1.67. The van der Waals surface area contributed by atoms with E-state index < -0.39 is 23.6 Å². The van der Waals surface area contributed by atoms with Crippen molar-refractivity contribution in [3.05, 3.63) is 57.4 Å². The molecule has 2 amide bonds. The van der Waals surface area contributed by atoms with Gasteiger partial charge in [0.1, 0.15) is 0 Å². The quantitative estimate of drug-likeness (QED) is 0.416. The minimum Gasteiger partial charge on any atom is -0.397 e. The normalized spacial score (nSPS) is 23.0. The second-order valence-electron chi connectivity index (χ2n) is 7.88. The summed E-state index contributed by atoms with van der Waals surface area (Å²) >= 11 is 0. The summed E-state index contributed by atoms with van der Waals surface area (Å²) in [6.45, 7) is 1.34. The second-order valence-corrected chi connectivity index (χ2v) is 7.88. The van der Waals surface area contributed by atoms with Crippen molar-refractivity contribution in [1.29, 1.82) is 0 Å². The van der Waals surface area contributed by atoms with Gasteiger partial charge in [0.25, 0.3) is 11.8 Å². The molecule has 1 atom stereocenters. The number of carbonyl (C=O) groups excluding carboxylic acids is 4. The van der Waals surface area contributed by atoms with Gasteiger partial charge in [0, 0.05) is 37.0 Å². The van der Waals surface area contributed by atoms with Gasteiger partial charge in [-0.15, -0.1) is 0 Å². The number of nitrogens with two attached hydrogens (primary N) is 2. The number of allylic oxidation sites excluding steroid dienone is 5. The van der Waals surface area contributed by atoms with Crippen LogP contribution in [0.25, 0.3) is 0 Å². The smallest absolute Gasteiger partial charge is 0.263 e. The van der Waals surface area contributed by atoms with Gasteiger partial charge in [-0.05, 0) is 25.3 Å². The van der Waals surface area contributed by atoms with E-state index in [9.17, 15) is 19.2 Å². The van der Waals surface area contributed by atoms with E-state index in [2.05, 4.69) is 0 Å². The molecular formula is C23H25N3O6. The maximum absolute atomic E-state index is 13.3. The first-order chi connectivity index (χ1) is 15.4. The van der Waals surface area contributed by atoms with Crippen LogP contribution in [-0.2, 0) is 28.7 Å². The summed E-state index contributed by atoms with van der Waals surface area (Å²) in [6.07, 6.45) is 6.50. The summed E-state index contributed by atoms with van der Waals surface area (Å²) in [5.74, 6) is -1.97. The lowest BCUT2D eigenvalue weighted by Crippen LogP contribution is -2.37. The molecule has 4 aliphatic rings. The zero-order chi connectivity index (χ0) is 23.0. The fraction of sp³-hybridized carbons (Fsp3) is 0.391. The molecule has 0 spiro atoms. The zero-order valence-electron chi connectivity index (χ0n) is 17.8. The van der Waals surface area contributed by atoms with Crippen molar-refractivity contribution in [2.45, 2.75) is 25.3 Å². The van der Waals surface area contributed by atoms with E-state index in [4.69, 9.17) is 20.9 Å². The first kappa shape index (κ1) is 22.1. The summed E-state index contributed by atoms with van der Waals surface area (Å²) in [6, 6.07) is -1.04. The predicted molar refractivity (Wildman–Crippen MR) is 114 cm³/mol. The molecule has 0 aromatic rings. The van der Waals surface area contributed by atoms with Crippen LogP contribution < -0.4 is 11.5 Å². The minimum atomic E-state index is -1.04. The van der Waals surface area contributed by atoms with Gasteiger partial charge in [0.2, 0.25) is 0 Å². The van der Waals surface area contributed by atoms with E-state index in [1.807, 2.05) is 0 Å². The molecule has 1 fully saturated rings. The first-order valence-electron chi connectivity index (χ1n) is 10.5. The fourth-order valence-electron chi connectivity index (χ4n) is 4.38. The molecule has 32 heavy (non-hydrogen) atoms. The Kier molecular flexibility index (Phi) is 6.05. The third-order valence-corrected chi connectivity index (χ3v) is 5.91. The Morgan fingerprint density at radius 2 is 1.62 bits per heavy atom. The van der Waals surface area contributed by atoms with Crippen LogP contribution in [0.5, 0.6) is 0 Å². The van der Waals surface area contributed by atoms with Crippen LogP contribution in [0.15, 0.2) is 57.4 Å². The number of ether oxygens (including phenoxy) is 2. The highest BCUT2D eigenvalue weighted by Gasteiger charge is 2.47. The lowest BCUT2D eigenvalue weighted by atomic mass is 9.76. The van der Waals surface area contributed by atoms with Crippen molar-refractivity contribution in [1.82, 2.24) is 4.90 Å². The number of methoxy groups -OCH3 is 1. The standard InChI is InChI=1S/C23H25N3O6/c1-31-9-10-32-8-4-7-26-22(29)14-11-15(24)17-18(19(25)16(14)23(26)30)21(28)13-6-3-2-5-12(13)20(17)27/h5-6,11,15H,2-4,7-10,24-25H2,1H3/t15-/m1/s1. The predicted octanol–water partition coefficient (Wildman–Crippen LogP) is -0.0166. The average Bonchev–Trinajstić information content (AvgIpc) is 2.93. The number of hydrogen-bond donors (Lipinski definition) is 2. The number of fused-ring (bicyclic) bond motifs is 2. The molecule has 4 N–H and O–H groups in total. The number of imide groups is 1. The lowest BCUT2D eigenvalue weighted by molar-refractivity contribution is -0.136. The summed E-state index contributed by atoms with van der Waals surface area (Å²) in [5.41, 5.74) is 12.9. The summed E-state index contributed by atoms with van der Waals surface area (Å²) in [7, 11) is 1.57. The van der Waals surface area contributed by atoms with Gasteiger partial charge in [-0.25, -0.2) is 0 Å². The lowest BCUT2D eigenvalue weighted by Gasteiger charge is -2.26. The van der Waals surface area contributed by atoms with Crippen LogP contribution in [0.1, 0.15) is 19.3 Å². The van der Waals surface area contributed by atoms with Crippen molar-refractivity contribution >= 4 is 23.4 Å². The van der Waals surface area contributed by atoms with Crippen LogP contribution in [0.4, 0.5) is 0 Å². The van der Waals surface area contributed by atoms with E-state index in [-0.39, 0.29) is 45.9 Å². The maximum Gasteiger partial charge on any atom is 0.263 e. The highest BCUT2D eigenvalue weighted by Crippen LogP contribution is 2.40. The molecule has 1 heterocycles.